The van der Waals surface area contributed by atoms with Crippen LogP contribution >= 0.6 is 0 Å². The molecule has 3 amide bonds. The minimum atomic E-state index is -0.505. The van der Waals surface area contributed by atoms with Crippen LogP contribution in [0.1, 0.15) is 168 Å². The highest BCUT2D eigenvalue weighted by atomic mass is 16.5. The fourth-order valence-corrected chi connectivity index (χ4v) is 13.5. The molecule has 9 aliphatic heterocycles. The van der Waals surface area contributed by atoms with Crippen LogP contribution in [0.25, 0.3) is 0 Å². The SMILES string of the molecule is CCC(CO)NC.CN1CCC(O)C1.CN1CCCC1.CN1CCCC1O.CN1CCCCC1.CN1CCCCC1CCO.CN1CCCCC1CO.CN1CCN(C)CC1.CN1CCNCC1.CN1CCOCC1.CNC(C)O.CNC1CCC(N)CC1.CNC1CCC(O)CC1.CNCC(N)=O.CNCC(O)CN.CNCN.CNCN(C)C.CNCN=C(N)N.CNCNC(N)=O.CNCO. The summed E-state index contributed by atoms with van der Waals surface area (Å²) in [6.07, 6.45) is 28.0. The number of rotatable bonds is 22. The molecule has 0 aromatic rings. The number of carbonyl (C=O) groups is 2. The number of hydrogen-bond acceptors (Lipinski definition) is 39. The van der Waals surface area contributed by atoms with Crippen LogP contribution in [0.2, 0.25) is 0 Å². The molecule has 36 N–H and O–H groups in total. The molecule has 0 radical (unpaired) electrons. The van der Waals surface area contributed by atoms with Gasteiger partial charge in [-0.05, 0) is 343 Å². The van der Waals surface area contributed by atoms with Crippen LogP contribution in [0.3, 0.4) is 0 Å². The Labute approximate surface area is 849 Å². The topological polar surface area (TPSA) is 612 Å². The average molecular weight is 2020 g/mol. The first-order chi connectivity index (χ1) is 66.1. The van der Waals surface area contributed by atoms with Gasteiger partial charge in [0.1, 0.15) is 12.5 Å². The van der Waals surface area contributed by atoms with Crippen molar-refractivity contribution in [2.24, 2.45) is 45.1 Å². The third-order valence-electron chi connectivity index (χ3n) is 23.2. The smallest absolute Gasteiger partial charge is 0.313 e. The normalized spacial score (nSPS) is 22.7. The molecule has 846 valence electrons. The number of piperidine rings is 3. The van der Waals surface area contributed by atoms with Crippen molar-refractivity contribution < 1.29 is 60.3 Å². The van der Waals surface area contributed by atoms with Crippen molar-refractivity contribution in [1.29, 1.82) is 0 Å². The van der Waals surface area contributed by atoms with Crippen LogP contribution in [0.4, 0.5) is 4.79 Å². The van der Waals surface area contributed by atoms with Crippen molar-refractivity contribution in [2.75, 3.05) is 373 Å². The summed E-state index contributed by atoms with van der Waals surface area (Å²) in [5, 5.41) is 114. The number of ether oxygens (including phenoxy) is 1. The molecule has 7 unspecified atom stereocenters. The number of carbonyl (C=O) groups excluding carboxylic acids is 2. The summed E-state index contributed by atoms with van der Waals surface area (Å²) in [6, 6.07) is 2.76. The number of likely N-dealkylation sites (tertiary alicyclic amines) is 6. The number of hydrogen-bond donors (Lipinski definition) is 29. The van der Waals surface area contributed by atoms with Gasteiger partial charge in [-0.3, -0.25) is 25.2 Å². The summed E-state index contributed by atoms with van der Waals surface area (Å²) in [4.78, 5) is 48.0. The summed E-state index contributed by atoms with van der Waals surface area (Å²) in [5.41, 5.74) is 35.0. The quantitative estimate of drug-likeness (QED) is 0.0275. The van der Waals surface area contributed by atoms with E-state index in [1.165, 1.54) is 168 Å². The Morgan fingerprint density at radius 1 is 0.482 bits per heavy atom. The third-order valence-corrected chi connectivity index (χ3v) is 23.2. The number of morpholine rings is 1. The van der Waals surface area contributed by atoms with Crippen LogP contribution in [-0.2, 0) is 9.53 Å². The number of nitrogens with two attached hydrogens (primary N) is 7. The lowest BCUT2D eigenvalue weighted by Crippen LogP contribution is -2.42. The van der Waals surface area contributed by atoms with Gasteiger partial charge in [0.25, 0.3) is 0 Å². The standard InChI is InChI=1S/C8H17NO.C7H16N2.2C7H15NO.C6H14N2.C6H13N.C5H12N2.3C5H11NO.C5H13NO.C5H11N.C4H12N2O.C4H12N2.C3H10N4.C3H9N3O.C3H8N2O.C3H9NO.C2H8N2.C2H7NO/c1-9-6-3-2-4-8(9)5-7-10;1-9-7-4-2-6(8)3-5-7;1-8-6-2-4-7(9)5-3-6;1-8-5-3-2-4-7(8)6-9;1-7-3-5-8(2)6-4-7;1-7-5-3-2-4-6-7;1-7-4-2-6-3-5-7;1-6-2-4-7-5-3-6;1-6-3-2-5(7)4-6;1-6-4-2-3-5(6)7;1-3-5(4-7)6-2;1-6-4-2-3-5-6;1-6-3-4(7)2-5;1-5-4-6(2)3;1-6-2-7-3(4)5;1-5-2-6-3(4)7;1-5-2-3(4)6;1-3(5)4-2;1-4-2-3;1-3-2-4/h8,10H,2-7H2,1H3;6-7,9H,2-5,8H2,1H3;6-9H,2-5H2,1H3;7,9H,2-6H2,1H3;3-6H2,1-2H3;2-6H2,1H3;6H,2-5H2,1H3;2-5H2,1H3;2*5,7H,2-4H2,1H3;5-7H,3-4H2,1-2H3;2-5H2,1H3;4,6-7H,2-3,5H2,1H3;5H,4H2,1-3H3;6H,2H2,1H3,(H4,4,5,7);5H,2H2,1H3,(H3,4,6,7);5H,2H2,1H3,(H2,4,6);3-5H,1-2H3;4H,2-3H2,1H3;3-4H,2H2,1H3. The molecule has 7 atom stereocenters. The molecule has 11 rings (SSSR count). The number of likely N-dealkylation sites (N-methyl/N-ethyl adjacent to an activating group) is 9. The van der Waals surface area contributed by atoms with Gasteiger partial charge in [-0.2, -0.15) is 0 Å². The molecule has 9 heterocycles. The van der Waals surface area contributed by atoms with E-state index in [2.05, 4.69) is 185 Å². The number of primary amides is 2. The van der Waals surface area contributed by atoms with Crippen molar-refractivity contribution in [2.45, 2.75) is 235 Å². The Morgan fingerprint density at radius 3 is 1.12 bits per heavy atom. The highest BCUT2D eigenvalue weighted by molar-refractivity contribution is 5.76. The average Bonchev–Trinajstić information content (AvgIpc) is 1.34. The molecular formula is C95H234N32O12. The number of aliphatic hydroxyl groups excluding tert-OH is 9. The first-order valence-corrected chi connectivity index (χ1v) is 51.6. The molecule has 11 aliphatic rings. The van der Waals surface area contributed by atoms with Gasteiger partial charge >= 0.3 is 6.03 Å². The summed E-state index contributed by atoms with van der Waals surface area (Å²) >= 11 is 0. The predicted octanol–water partition coefficient (Wildman–Crippen LogP) is -4.83. The van der Waals surface area contributed by atoms with Crippen molar-refractivity contribution in [3.8, 4) is 0 Å². The van der Waals surface area contributed by atoms with Gasteiger partial charge in [0.05, 0.1) is 71.4 Å². The molecule has 0 spiro atoms. The number of nitrogens with zero attached hydrogens (tertiary/aromatic N) is 12. The molecule has 9 saturated heterocycles. The number of β-amino-alcohol motifs (C(OH)–C–C–N with tert-alkyl or cyclic N) is 1. The summed E-state index contributed by atoms with van der Waals surface area (Å²) in [7, 11) is 45.2. The zero-order chi connectivity index (χ0) is 108. The number of aliphatic hydroxyl groups is 9. The molecule has 139 heavy (non-hydrogen) atoms. The van der Waals surface area contributed by atoms with Gasteiger partial charge in [-0.1, -0.05) is 26.2 Å². The van der Waals surface area contributed by atoms with Crippen LogP contribution < -0.4 is 109 Å². The predicted molar refractivity (Wildman–Crippen MR) is 585 cm³/mol. The van der Waals surface area contributed by atoms with Crippen molar-refractivity contribution >= 4 is 17.9 Å². The maximum Gasteiger partial charge on any atom is 0.313 e. The lowest BCUT2D eigenvalue weighted by molar-refractivity contribution is -0.117. The minimum Gasteiger partial charge on any atom is -0.396 e. The maximum absolute atomic E-state index is 9.83. The van der Waals surface area contributed by atoms with Crippen LogP contribution in [0.15, 0.2) is 4.99 Å². The first-order valence-electron chi connectivity index (χ1n) is 51.6. The lowest BCUT2D eigenvalue weighted by atomic mass is 9.92. The second-order valence-electron chi connectivity index (χ2n) is 36.7. The van der Waals surface area contributed by atoms with Gasteiger partial charge in [0, 0.05) is 154 Å². The zero-order valence-corrected chi connectivity index (χ0v) is 93.6. The number of amides is 3. The van der Waals surface area contributed by atoms with Crippen molar-refractivity contribution in [3.63, 3.8) is 0 Å². The van der Waals surface area contributed by atoms with Crippen LogP contribution in [0, 0.1) is 0 Å². The highest BCUT2D eigenvalue weighted by Crippen LogP contribution is 2.20. The van der Waals surface area contributed by atoms with E-state index in [1.807, 2.05) is 68.2 Å². The van der Waals surface area contributed by atoms with E-state index in [9.17, 15) is 9.59 Å². The monoisotopic (exact) mass is 2020 g/mol. The third kappa shape index (κ3) is 127. The Hall–Kier alpha value is -3.43. The van der Waals surface area contributed by atoms with E-state index in [0.29, 0.717) is 76.5 Å². The largest absolute Gasteiger partial charge is 0.396 e. The molecule has 11 fully saturated rings. The van der Waals surface area contributed by atoms with E-state index in [-0.39, 0.29) is 62.5 Å². The number of guanidine groups is 1. The van der Waals surface area contributed by atoms with E-state index in [1.54, 1.807) is 56.3 Å². The number of aliphatic imine (C=N–C) groups is 1. The Balaban J connectivity index is -0.000000183. The van der Waals surface area contributed by atoms with Gasteiger partial charge in [0.2, 0.25) is 5.91 Å². The fourth-order valence-electron chi connectivity index (χ4n) is 13.5. The van der Waals surface area contributed by atoms with Gasteiger partial charge in [0.15, 0.2) is 5.96 Å². The van der Waals surface area contributed by atoms with Crippen molar-refractivity contribution in [1.82, 2.24) is 123 Å². The van der Waals surface area contributed by atoms with Crippen molar-refractivity contribution in [3.05, 3.63) is 0 Å². The van der Waals surface area contributed by atoms with Gasteiger partial charge in [-0.15, -0.1) is 0 Å². The zero-order valence-electron chi connectivity index (χ0n) is 93.6. The molecule has 44 heteroatoms. The first kappa shape index (κ1) is 153. The molecule has 2 saturated carbocycles. The molecule has 2 aliphatic carbocycles. The van der Waals surface area contributed by atoms with E-state index in [4.69, 9.17) is 85.1 Å². The number of piperazine rings is 2. The molecule has 0 bridgehead atoms. The maximum atomic E-state index is 9.83. The molecule has 44 nitrogen and oxygen atoms in total. The second-order valence-corrected chi connectivity index (χ2v) is 36.7. The number of nitrogens with one attached hydrogen (secondary N) is 13. The van der Waals surface area contributed by atoms with Crippen LogP contribution in [0.5, 0.6) is 0 Å². The van der Waals surface area contributed by atoms with E-state index in [0.717, 1.165) is 136 Å². The summed E-state index contributed by atoms with van der Waals surface area (Å²) in [6.45, 7) is 32.6. The van der Waals surface area contributed by atoms with Gasteiger partial charge < -0.3 is 193 Å². The Bertz CT molecular complexity index is 2250. The summed E-state index contributed by atoms with van der Waals surface area (Å²) in [5.74, 6) is -0.202. The van der Waals surface area contributed by atoms with E-state index >= 15 is 0 Å². The second kappa shape index (κ2) is 118. The highest BCUT2D eigenvalue weighted by Gasteiger charge is 2.22. The lowest BCUT2D eigenvalue weighted by Gasteiger charge is -2.31. The van der Waals surface area contributed by atoms with Crippen LogP contribution in [-0.4, -0.2) is 557 Å². The molecule has 0 aromatic carbocycles. The summed E-state index contributed by atoms with van der Waals surface area (Å²) < 4.78 is 5.10. The minimum absolute atomic E-state index is 0.0189. The number of urea groups is 1. The van der Waals surface area contributed by atoms with Gasteiger partial charge in [-0.25, -0.2) is 9.79 Å². The molecular weight excluding hydrogens is 1780 g/mol. The Morgan fingerprint density at radius 2 is 0.921 bits per heavy atom. The molecule has 0 aromatic heterocycles. The fraction of sp³-hybridized carbons (Fsp3) is 0.968. The Kier molecular flexibility index (Phi) is 130. The van der Waals surface area contributed by atoms with E-state index < -0.39 is 6.03 Å².